The number of piperazine rings is 1. The van der Waals surface area contributed by atoms with Crippen molar-refractivity contribution in [3.8, 4) is 5.75 Å². The topological polar surface area (TPSA) is 61.8 Å². The molecular weight excluding hydrogens is 453 g/mol. The average molecular weight is 482 g/mol. The number of aromatic nitrogens is 2. The zero-order valence-corrected chi connectivity index (χ0v) is 20.0. The fourth-order valence-corrected chi connectivity index (χ4v) is 5.42. The number of hydrogen-bond donors (Lipinski definition) is 0. The van der Waals surface area contributed by atoms with E-state index in [-0.39, 0.29) is 17.8 Å². The van der Waals surface area contributed by atoms with Crippen molar-refractivity contribution in [2.45, 2.75) is 25.3 Å². The molecule has 3 heterocycles. The summed E-state index contributed by atoms with van der Waals surface area (Å²) >= 11 is 1.34. The molecule has 0 spiro atoms. The molecule has 0 aliphatic carbocycles. The molecule has 2 fully saturated rings. The van der Waals surface area contributed by atoms with Crippen LogP contribution < -0.4 is 14.5 Å². The van der Waals surface area contributed by atoms with Crippen molar-refractivity contribution in [1.82, 2.24) is 14.3 Å². The lowest BCUT2D eigenvalue weighted by molar-refractivity contribution is -0.132. The number of carbonyl (C=O) groups is 1. The van der Waals surface area contributed by atoms with E-state index in [0.29, 0.717) is 25.3 Å². The first-order chi connectivity index (χ1) is 16.6. The lowest BCUT2D eigenvalue weighted by Crippen LogP contribution is -2.53. The molecular formula is C25H28FN5O2S. The van der Waals surface area contributed by atoms with E-state index in [9.17, 15) is 9.18 Å². The van der Waals surface area contributed by atoms with Crippen molar-refractivity contribution >= 4 is 28.3 Å². The van der Waals surface area contributed by atoms with Gasteiger partial charge in [-0.1, -0.05) is 12.1 Å². The quantitative estimate of drug-likeness (QED) is 0.536. The van der Waals surface area contributed by atoms with Gasteiger partial charge in [0.15, 0.2) is 0 Å². The van der Waals surface area contributed by atoms with E-state index < -0.39 is 0 Å². The van der Waals surface area contributed by atoms with Crippen LogP contribution in [0.1, 0.15) is 24.2 Å². The Kier molecular flexibility index (Phi) is 6.62. The zero-order chi connectivity index (χ0) is 23.5. The molecule has 7 nitrogen and oxygen atoms in total. The highest BCUT2D eigenvalue weighted by Crippen LogP contribution is 2.29. The molecule has 0 radical (unpaired) electrons. The Morgan fingerprint density at radius 3 is 2.50 bits per heavy atom. The number of amides is 1. The predicted octanol–water partition coefficient (Wildman–Crippen LogP) is 3.59. The number of benzene rings is 2. The van der Waals surface area contributed by atoms with Crippen LogP contribution in [0.3, 0.4) is 0 Å². The fourth-order valence-electron chi connectivity index (χ4n) is 4.66. The van der Waals surface area contributed by atoms with Crippen LogP contribution in [0.5, 0.6) is 5.75 Å². The Balaban J connectivity index is 1.20. The summed E-state index contributed by atoms with van der Waals surface area (Å²) in [5.41, 5.74) is 2.12. The van der Waals surface area contributed by atoms with E-state index in [2.05, 4.69) is 26.3 Å². The number of hydrogen-bond acceptors (Lipinski definition) is 7. The third-order valence-corrected chi connectivity index (χ3v) is 7.34. The van der Waals surface area contributed by atoms with E-state index in [1.807, 2.05) is 17.0 Å². The molecule has 2 aliphatic heterocycles. The molecule has 9 heteroatoms. The molecule has 1 unspecified atom stereocenters. The molecule has 1 atom stereocenters. The molecule has 5 rings (SSSR count). The molecule has 2 aromatic carbocycles. The first kappa shape index (κ1) is 22.6. The highest BCUT2D eigenvalue weighted by Gasteiger charge is 2.36. The standard InChI is InChI=1S/C25H28FN5O2S/c1-33-21-10-8-20(9-11-21)29-13-15-30(16-14-29)24(32)22-3-2-12-31(22)25-27-23(28-34-25)17-18-4-6-19(26)7-5-18/h4-11,22H,2-3,12-17H2,1H3. The van der Waals surface area contributed by atoms with E-state index >= 15 is 0 Å². The first-order valence-electron chi connectivity index (χ1n) is 11.6. The van der Waals surface area contributed by atoms with Gasteiger partial charge in [0.05, 0.1) is 7.11 Å². The maximum Gasteiger partial charge on any atom is 0.245 e. The van der Waals surface area contributed by atoms with Gasteiger partial charge in [-0.15, -0.1) is 0 Å². The SMILES string of the molecule is COc1ccc(N2CCN(C(=O)C3CCCN3c3nc(Cc4ccc(F)cc4)ns3)CC2)cc1. The Labute approximate surface area is 202 Å². The van der Waals surface area contributed by atoms with E-state index in [1.165, 1.54) is 23.7 Å². The average Bonchev–Trinajstić information content (AvgIpc) is 3.55. The highest BCUT2D eigenvalue weighted by atomic mass is 32.1. The number of methoxy groups -OCH3 is 1. The van der Waals surface area contributed by atoms with Crippen LogP contribution in [0.15, 0.2) is 48.5 Å². The molecule has 3 aromatic rings. The first-order valence-corrected chi connectivity index (χ1v) is 12.4. The van der Waals surface area contributed by atoms with Crippen LogP contribution in [0.2, 0.25) is 0 Å². The van der Waals surface area contributed by atoms with Gasteiger partial charge in [-0.3, -0.25) is 4.79 Å². The van der Waals surface area contributed by atoms with Crippen molar-refractivity contribution < 1.29 is 13.9 Å². The van der Waals surface area contributed by atoms with Crippen molar-refractivity contribution in [3.05, 3.63) is 65.7 Å². The van der Waals surface area contributed by atoms with Crippen molar-refractivity contribution in [1.29, 1.82) is 0 Å². The third kappa shape index (κ3) is 4.84. The summed E-state index contributed by atoms with van der Waals surface area (Å²) in [6.45, 7) is 3.85. The minimum atomic E-state index is -0.251. The summed E-state index contributed by atoms with van der Waals surface area (Å²) in [6, 6.07) is 14.3. The zero-order valence-electron chi connectivity index (χ0n) is 19.2. The fraction of sp³-hybridized carbons (Fsp3) is 0.400. The number of ether oxygens (including phenoxy) is 1. The van der Waals surface area contributed by atoms with Gasteiger partial charge in [-0.2, -0.15) is 4.37 Å². The second-order valence-electron chi connectivity index (χ2n) is 8.66. The minimum Gasteiger partial charge on any atom is -0.497 e. The minimum absolute atomic E-state index is 0.181. The van der Waals surface area contributed by atoms with Gasteiger partial charge in [-0.05, 0) is 54.8 Å². The van der Waals surface area contributed by atoms with Crippen molar-refractivity contribution in [3.63, 3.8) is 0 Å². The Hall–Kier alpha value is -3.20. The number of rotatable bonds is 6. The van der Waals surface area contributed by atoms with Crippen LogP contribution in [-0.2, 0) is 11.2 Å². The summed E-state index contributed by atoms with van der Waals surface area (Å²) < 4.78 is 22.9. The second-order valence-corrected chi connectivity index (χ2v) is 9.39. The van der Waals surface area contributed by atoms with Crippen molar-refractivity contribution in [2.75, 3.05) is 49.6 Å². The van der Waals surface area contributed by atoms with Gasteiger partial charge >= 0.3 is 0 Å². The summed E-state index contributed by atoms with van der Waals surface area (Å²) in [6.07, 6.45) is 2.36. The number of carbonyl (C=O) groups excluding carboxylic acids is 1. The Morgan fingerprint density at radius 2 is 1.79 bits per heavy atom. The van der Waals surface area contributed by atoms with Gasteiger partial charge < -0.3 is 19.4 Å². The van der Waals surface area contributed by atoms with Crippen LogP contribution in [0.4, 0.5) is 15.2 Å². The third-order valence-electron chi connectivity index (χ3n) is 6.55. The maximum atomic E-state index is 13.4. The lowest BCUT2D eigenvalue weighted by Gasteiger charge is -2.38. The van der Waals surface area contributed by atoms with Gasteiger partial charge in [0.1, 0.15) is 23.4 Å². The van der Waals surface area contributed by atoms with Crippen LogP contribution in [0.25, 0.3) is 0 Å². The normalized spacial score (nSPS) is 18.4. The number of nitrogens with zero attached hydrogens (tertiary/aromatic N) is 5. The highest BCUT2D eigenvalue weighted by molar-refractivity contribution is 7.09. The maximum absolute atomic E-state index is 13.4. The van der Waals surface area contributed by atoms with Gasteiger partial charge in [-0.25, -0.2) is 9.37 Å². The summed E-state index contributed by atoms with van der Waals surface area (Å²) in [7, 11) is 1.67. The number of anilines is 2. The second kappa shape index (κ2) is 9.97. The Bertz CT molecular complexity index is 1110. The van der Waals surface area contributed by atoms with E-state index in [4.69, 9.17) is 9.72 Å². The van der Waals surface area contributed by atoms with E-state index in [1.54, 1.807) is 19.2 Å². The molecule has 2 saturated heterocycles. The molecule has 1 aromatic heterocycles. The van der Waals surface area contributed by atoms with Crippen molar-refractivity contribution in [2.24, 2.45) is 0 Å². The van der Waals surface area contributed by atoms with Crippen LogP contribution >= 0.6 is 11.5 Å². The summed E-state index contributed by atoms with van der Waals surface area (Å²) in [4.78, 5) is 24.5. The Morgan fingerprint density at radius 1 is 1.06 bits per heavy atom. The number of halogens is 1. The molecule has 0 bridgehead atoms. The van der Waals surface area contributed by atoms with Crippen LogP contribution in [0, 0.1) is 5.82 Å². The molecule has 1 amide bonds. The summed E-state index contributed by atoms with van der Waals surface area (Å²) in [5.74, 6) is 1.48. The summed E-state index contributed by atoms with van der Waals surface area (Å²) in [5, 5.41) is 0.796. The lowest BCUT2D eigenvalue weighted by atomic mass is 10.1. The molecule has 0 N–H and O–H groups in total. The monoisotopic (exact) mass is 481 g/mol. The van der Waals surface area contributed by atoms with Crippen LogP contribution in [-0.4, -0.2) is 66.0 Å². The van der Waals surface area contributed by atoms with E-state index in [0.717, 1.165) is 54.6 Å². The molecule has 34 heavy (non-hydrogen) atoms. The molecule has 0 saturated carbocycles. The largest absolute Gasteiger partial charge is 0.497 e. The molecule has 178 valence electrons. The van der Waals surface area contributed by atoms with Gasteiger partial charge in [0, 0.05) is 56.4 Å². The predicted molar refractivity (Wildman–Crippen MR) is 131 cm³/mol. The van der Waals surface area contributed by atoms with Gasteiger partial charge in [0.25, 0.3) is 0 Å². The smallest absolute Gasteiger partial charge is 0.245 e. The molecule has 2 aliphatic rings. The van der Waals surface area contributed by atoms with Gasteiger partial charge in [0.2, 0.25) is 11.0 Å².